The predicted octanol–water partition coefficient (Wildman–Crippen LogP) is 4.10. The van der Waals surface area contributed by atoms with Crippen molar-refractivity contribution >= 4 is 5.97 Å². The number of hydrogen-bond donors (Lipinski definition) is 0. The monoisotopic (exact) mass is 254 g/mol. The van der Waals surface area contributed by atoms with Crippen LogP contribution in [0.25, 0.3) is 0 Å². The van der Waals surface area contributed by atoms with Crippen molar-refractivity contribution in [2.24, 2.45) is 5.92 Å². The Morgan fingerprint density at radius 1 is 1.00 bits per heavy atom. The summed E-state index contributed by atoms with van der Waals surface area (Å²) in [5.41, 5.74) is 1.82. The van der Waals surface area contributed by atoms with Gasteiger partial charge in [-0.2, -0.15) is 0 Å². The molecular weight excluding hydrogens is 236 g/mol. The molecule has 0 amide bonds. The Hall–Kier alpha value is -2.09. The zero-order valence-electron chi connectivity index (χ0n) is 11.3. The molecule has 0 aliphatic rings. The largest absolute Gasteiger partial charge is 0.423 e. The van der Waals surface area contributed by atoms with Crippen LogP contribution in [0.15, 0.2) is 54.6 Å². The minimum Gasteiger partial charge on any atom is -0.423 e. The molecule has 0 aliphatic carbocycles. The lowest BCUT2D eigenvalue weighted by atomic mass is 10.0. The molecule has 2 rings (SSSR count). The van der Waals surface area contributed by atoms with E-state index in [1.807, 2.05) is 42.5 Å². The molecule has 19 heavy (non-hydrogen) atoms. The number of carbonyl (C=O) groups is 1. The summed E-state index contributed by atoms with van der Waals surface area (Å²) >= 11 is 0. The van der Waals surface area contributed by atoms with Crippen LogP contribution < -0.4 is 4.74 Å². The summed E-state index contributed by atoms with van der Waals surface area (Å²) in [4.78, 5) is 11.9. The minimum absolute atomic E-state index is 0.322. The Bertz CT molecular complexity index is 527. The maximum absolute atomic E-state index is 11.9. The van der Waals surface area contributed by atoms with Gasteiger partial charge in [-0.1, -0.05) is 44.2 Å². The van der Waals surface area contributed by atoms with Gasteiger partial charge in [-0.3, -0.25) is 0 Å². The van der Waals surface area contributed by atoms with E-state index >= 15 is 0 Å². The predicted molar refractivity (Wildman–Crippen MR) is 76.4 cm³/mol. The topological polar surface area (TPSA) is 26.3 Å². The highest BCUT2D eigenvalue weighted by molar-refractivity contribution is 5.90. The second kappa shape index (κ2) is 6.19. The van der Waals surface area contributed by atoms with Crippen LogP contribution >= 0.6 is 0 Å². The summed E-state index contributed by atoms with van der Waals surface area (Å²) in [6.07, 6.45) is 1.03. The van der Waals surface area contributed by atoms with Gasteiger partial charge in [0.2, 0.25) is 0 Å². The van der Waals surface area contributed by atoms with Crippen molar-refractivity contribution in [1.82, 2.24) is 0 Å². The maximum atomic E-state index is 11.9. The fourth-order valence-corrected chi connectivity index (χ4v) is 1.91. The van der Waals surface area contributed by atoms with Crippen LogP contribution in [-0.2, 0) is 6.42 Å². The van der Waals surface area contributed by atoms with Crippen molar-refractivity contribution in [3.63, 3.8) is 0 Å². The fraction of sp³-hybridized carbons (Fsp3) is 0.235. The molecule has 2 aromatic rings. The molecule has 0 N–H and O–H groups in total. The van der Waals surface area contributed by atoms with E-state index in [0.717, 1.165) is 6.42 Å². The molecular formula is C17H18O2. The quantitative estimate of drug-likeness (QED) is 0.606. The molecule has 0 radical (unpaired) electrons. The van der Waals surface area contributed by atoms with Gasteiger partial charge in [0.1, 0.15) is 5.75 Å². The summed E-state index contributed by atoms with van der Waals surface area (Å²) in [6.45, 7) is 4.37. The third-order valence-corrected chi connectivity index (χ3v) is 2.79. The van der Waals surface area contributed by atoms with Gasteiger partial charge in [-0.15, -0.1) is 0 Å². The Balaban J connectivity index is 2.02. The zero-order valence-corrected chi connectivity index (χ0v) is 11.3. The van der Waals surface area contributed by atoms with Crippen molar-refractivity contribution in [2.45, 2.75) is 20.3 Å². The molecule has 0 heterocycles. The lowest BCUT2D eigenvalue weighted by molar-refractivity contribution is 0.0734. The molecule has 0 saturated heterocycles. The van der Waals surface area contributed by atoms with E-state index in [1.165, 1.54) is 5.56 Å². The number of esters is 1. The first-order valence-electron chi connectivity index (χ1n) is 6.51. The first-order chi connectivity index (χ1) is 9.15. The Kier molecular flexibility index (Phi) is 4.35. The van der Waals surface area contributed by atoms with E-state index < -0.39 is 0 Å². The van der Waals surface area contributed by atoms with Crippen LogP contribution in [0.1, 0.15) is 29.8 Å². The second-order valence-electron chi connectivity index (χ2n) is 5.00. The molecule has 2 heteroatoms. The summed E-state index contributed by atoms with van der Waals surface area (Å²) < 4.78 is 5.32. The average Bonchev–Trinajstić information content (AvgIpc) is 2.41. The third kappa shape index (κ3) is 3.95. The lowest BCUT2D eigenvalue weighted by Gasteiger charge is -2.07. The molecule has 98 valence electrons. The van der Waals surface area contributed by atoms with Crippen LogP contribution in [0.2, 0.25) is 0 Å². The Labute approximate surface area is 114 Å². The van der Waals surface area contributed by atoms with E-state index in [9.17, 15) is 4.79 Å². The number of carbonyl (C=O) groups excluding carboxylic acids is 1. The van der Waals surface area contributed by atoms with E-state index in [2.05, 4.69) is 13.8 Å². The van der Waals surface area contributed by atoms with E-state index in [0.29, 0.717) is 17.2 Å². The van der Waals surface area contributed by atoms with Gasteiger partial charge >= 0.3 is 5.97 Å². The van der Waals surface area contributed by atoms with Gasteiger partial charge < -0.3 is 4.74 Å². The average molecular weight is 254 g/mol. The van der Waals surface area contributed by atoms with Crippen LogP contribution in [0, 0.1) is 5.92 Å². The normalized spacial score (nSPS) is 10.5. The molecule has 0 aromatic heterocycles. The molecule has 0 aliphatic heterocycles. The van der Waals surface area contributed by atoms with Gasteiger partial charge in [0.15, 0.2) is 0 Å². The number of hydrogen-bond acceptors (Lipinski definition) is 2. The molecule has 0 fully saturated rings. The number of benzene rings is 2. The van der Waals surface area contributed by atoms with Crippen LogP contribution in [-0.4, -0.2) is 5.97 Å². The van der Waals surface area contributed by atoms with E-state index in [-0.39, 0.29) is 5.97 Å². The van der Waals surface area contributed by atoms with Gasteiger partial charge in [0, 0.05) is 0 Å². The minimum atomic E-state index is -0.322. The van der Waals surface area contributed by atoms with Crippen LogP contribution in [0.5, 0.6) is 5.75 Å². The number of rotatable bonds is 4. The second-order valence-corrected chi connectivity index (χ2v) is 5.00. The molecule has 2 nitrogen and oxygen atoms in total. The van der Waals surface area contributed by atoms with E-state index in [4.69, 9.17) is 4.74 Å². The van der Waals surface area contributed by atoms with Gasteiger partial charge in [-0.05, 0) is 42.2 Å². The Morgan fingerprint density at radius 2 is 1.63 bits per heavy atom. The summed E-state index contributed by atoms with van der Waals surface area (Å²) in [6, 6.07) is 16.7. The Morgan fingerprint density at radius 3 is 2.21 bits per heavy atom. The first kappa shape index (κ1) is 13.3. The van der Waals surface area contributed by atoms with Gasteiger partial charge in [0.05, 0.1) is 5.56 Å². The smallest absolute Gasteiger partial charge is 0.343 e. The lowest BCUT2D eigenvalue weighted by Crippen LogP contribution is -2.08. The fourth-order valence-electron chi connectivity index (χ4n) is 1.91. The molecule has 0 bridgehead atoms. The number of ether oxygens (including phenoxy) is 1. The van der Waals surface area contributed by atoms with Crippen molar-refractivity contribution in [2.75, 3.05) is 0 Å². The third-order valence-electron chi connectivity index (χ3n) is 2.79. The van der Waals surface area contributed by atoms with Gasteiger partial charge in [-0.25, -0.2) is 4.79 Å². The highest BCUT2D eigenvalue weighted by Crippen LogP contribution is 2.16. The highest BCUT2D eigenvalue weighted by atomic mass is 16.5. The van der Waals surface area contributed by atoms with Crippen molar-refractivity contribution in [3.05, 3.63) is 65.7 Å². The molecule has 0 atom stereocenters. The first-order valence-corrected chi connectivity index (χ1v) is 6.51. The van der Waals surface area contributed by atoms with E-state index in [1.54, 1.807) is 12.1 Å². The summed E-state index contributed by atoms with van der Waals surface area (Å²) in [5, 5.41) is 0. The molecule has 0 unspecified atom stereocenters. The summed E-state index contributed by atoms with van der Waals surface area (Å²) in [7, 11) is 0. The maximum Gasteiger partial charge on any atom is 0.343 e. The van der Waals surface area contributed by atoms with Crippen molar-refractivity contribution in [3.8, 4) is 5.75 Å². The van der Waals surface area contributed by atoms with Gasteiger partial charge in [0.25, 0.3) is 0 Å². The van der Waals surface area contributed by atoms with Crippen molar-refractivity contribution in [1.29, 1.82) is 0 Å². The molecule has 0 spiro atoms. The highest BCUT2D eigenvalue weighted by Gasteiger charge is 2.07. The summed E-state index contributed by atoms with van der Waals surface area (Å²) in [5.74, 6) is 0.885. The standard InChI is InChI=1S/C17H18O2/c1-13(2)12-14-8-10-16(11-9-14)19-17(18)15-6-4-3-5-7-15/h3-11,13H,12H2,1-2H3. The van der Waals surface area contributed by atoms with Crippen molar-refractivity contribution < 1.29 is 9.53 Å². The van der Waals surface area contributed by atoms with Crippen LogP contribution in [0.3, 0.4) is 0 Å². The molecule has 2 aromatic carbocycles. The zero-order chi connectivity index (χ0) is 13.7. The van der Waals surface area contributed by atoms with Crippen LogP contribution in [0.4, 0.5) is 0 Å². The molecule has 0 saturated carbocycles. The SMILES string of the molecule is CC(C)Cc1ccc(OC(=O)c2ccccc2)cc1.